The highest BCUT2D eigenvalue weighted by atomic mass is 16.2. The van der Waals surface area contributed by atoms with E-state index in [1.807, 2.05) is 66.4 Å². The van der Waals surface area contributed by atoms with E-state index < -0.39 is 0 Å². The molecule has 1 fully saturated rings. The molecule has 1 aliphatic rings. The van der Waals surface area contributed by atoms with Crippen LogP contribution in [-0.4, -0.2) is 70.7 Å². The Hall–Kier alpha value is -3.16. The highest BCUT2D eigenvalue weighted by Crippen LogP contribution is 2.19. The van der Waals surface area contributed by atoms with E-state index in [-0.39, 0.29) is 5.91 Å². The predicted octanol–water partition coefficient (Wildman–Crippen LogP) is 1.77. The maximum atomic E-state index is 12.8. The van der Waals surface area contributed by atoms with E-state index in [0.29, 0.717) is 18.9 Å². The van der Waals surface area contributed by atoms with Crippen molar-refractivity contribution in [2.75, 3.05) is 50.1 Å². The quantitative estimate of drug-likeness (QED) is 0.691. The fourth-order valence-corrected chi connectivity index (χ4v) is 3.61. The third kappa shape index (κ3) is 3.26. The van der Waals surface area contributed by atoms with E-state index >= 15 is 0 Å². The van der Waals surface area contributed by atoms with Crippen molar-refractivity contribution in [3.05, 3.63) is 47.4 Å². The molecule has 1 saturated heterocycles. The molecule has 0 saturated carbocycles. The number of piperazine rings is 1. The van der Waals surface area contributed by atoms with Gasteiger partial charge in [0.1, 0.15) is 11.6 Å². The van der Waals surface area contributed by atoms with E-state index in [9.17, 15) is 4.79 Å². The Morgan fingerprint density at radius 3 is 2.32 bits per heavy atom. The smallest absolute Gasteiger partial charge is 0.257 e. The van der Waals surface area contributed by atoms with E-state index in [2.05, 4.69) is 26.1 Å². The lowest BCUT2D eigenvalue weighted by atomic mass is 10.1. The summed E-state index contributed by atoms with van der Waals surface area (Å²) in [7, 11) is 3.98. The van der Waals surface area contributed by atoms with Crippen LogP contribution in [0.1, 0.15) is 21.9 Å². The Kier molecular flexibility index (Phi) is 4.62. The number of hydrogen-bond donors (Lipinski definition) is 0. The lowest BCUT2D eigenvalue weighted by molar-refractivity contribution is 0.0746. The first-order valence-corrected chi connectivity index (χ1v) is 9.45. The summed E-state index contributed by atoms with van der Waals surface area (Å²) in [5.74, 6) is 2.42. The number of carbonyl (C=O) groups is 1. The zero-order valence-electron chi connectivity index (χ0n) is 16.8. The number of nitrogens with zero attached hydrogens (tertiary/aromatic N) is 7. The summed E-state index contributed by atoms with van der Waals surface area (Å²) in [4.78, 5) is 23.6. The standard InChI is InChI=1S/C20H25N7O/c1-14-13-18(21-20-23-22-15(2)27(14)20)25-9-11-26(12-10-25)19(28)16-5-7-17(8-6-16)24(3)4/h5-8,13H,9-12H2,1-4H3. The van der Waals surface area contributed by atoms with Crippen molar-refractivity contribution in [1.82, 2.24) is 24.5 Å². The van der Waals surface area contributed by atoms with Gasteiger partial charge in [0.15, 0.2) is 0 Å². The molecule has 0 atom stereocenters. The van der Waals surface area contributed by atoms with Gasteiger partial charge in [-0.25, -0.2) is 0 Å². The van der Waals surface area contributed by atoms with Gasteiger partial charge in [-0.2, -0.15) is 4.98 Å². The van der Waals surface area contributed by atoms with Gasteiger partial charge in [-0.1, -0.05) is 0 Å². The van der Waals surface area contributed by atoms with Crippen molar-refractivity contribution in [2.45, 2.75) is 13.8 Å². The fourth-order valence-electron chi connectivity index (χ4n) is 3.61. The lowest BCUT2D eigenvalue weighted by Gasteiger charge is -2.35. The van der Waals surface area contributed by atoms with Crippen LogP contribution in [-0.2, 0) is 0 Å². The van der Waals surface area contributed by atoms with E-state index in [1.54, 1.807) is 0 Å². The molecule has 0 unspecified atom stereocenters. The maximum Gasteiger partial charge on any atom is 0.257 e. The van der Waals surface area contributed by atoms with Crippen LogP contribution in [0.2, 0.25) is 0 Å². The molecule has 3 aromatic rings. The topological polar surface area (TPSA) is 69.9 Å². The minimum absolute atomic E-state index is 0.0811. The van der Waals surface area contributed by atoms with Crippen molar-refractivity contribution >= 4 is 23.2 Å². The van der Waals surface area contributed by atoms with Crippen LogP contribution >= 0.6 is 0 Å². The van der Waals surface area contributed by atoms with Gasteiger partial charge in [0.2, 0.25) is 0 Å². The van der Waals surface area contributed by atoms with Crippen molar-refractivity contribution in [1.29, 1.82) is 0 Å². The second-order valence-electron chi connectivity index (χ2n) is 7.36. The second kappa shape index (κ2) is 7.10. The molecule has 1 aliphatic heterocycles. The largest absolute Gasteiger partial charge is 0.378 e. The molecule has 0 spiro atoms. The number of amides is 1. The summed E-state index contributed by atoms with van der Waals surface area (Å²) in [6, 6.07) is 9.81. The van der Waals surface area contributed by atoms with Gasteiger partial charge in [-0.15, -0.1) is 10.2 Å². The van der Waals surface area contributed by atoms with Crippen LogP contribution in [0, 0.1) is 13.8 Å². The SMILES string of the molecule is Cc1cc(N2CCN(C(=O)c3ccc(N(C)C)cc3)CC2)nc2nnc(C)n12. The molecule has 1 aromatic carbocycles. The lowest BCUT2D eigenvalue weighted by Crippen LogP contribution is -2.49. The number of aryl methyl sites for hydroxylation is 2. The Balaban J connectivity index is 1.45. The van der Waals surface area contributed by atoms with Crippen molar-refractivity contribution in [2.24, 2.45) is 0 Å². The van der Waals surface area contributed by atoms with Crippen LogP contribution in [0.25, 0.3) is 5.78 Å². The first-order chi connectivity index (χ1) is 13.4. The molecule has 2 aromatic heterocycles. The van der Waals surface area contributed by atoms with Gasteiger partial charge in [-0.3, -0.25) is 9.20 Å². The maximum absolute atomic E-state index is 12.8. The van der Waals surface area contributed by atoms with Crippen LogP contribution in [0.15, 0.2) is 30.3 Å². The summed E-state index contributed by atoms with van der Waals surface area (Å²) in [5, 5.41) is 8.25. The molecule has 0 bridgehead atoms. The van der Waals surface area contributed by atoms with Crippen molar-refractivity contribution in [3.8, 4) is 0 Å². The minimum Gasteiger partial charge on any atom is -0.378 e. The summed E-state index contributed by atoms with van der Waals surface area (Å²) >= 11 is 0. The van der Waals surface area contributed by atoms with Gasteiger partial charge in [0, 0.05) is 63.3 Å². The van der Waals surface area contributed by atoms with E-state index in [0.717, 1.165) is 41.7 Å². The minimum atomic E-state index is 0.0811. The second-order valence-corrected chi connectivity index (χ2v) is 7.36. The summed E-state index contributed by atoms with van der Waals surface area (Å²) < 4.78 is 1.95. The molecule has 8 nitrogen and oxygen atoms in total. The number of carbonyl (C=O) groups excluding carboxylic acids is 1. The molecule has 0 aliphatic carbocycles. The third-order valence-corrected chi connectivity index (χ3v) is 5.23. The average molecular weight is 379 g/mol. The number of fused-ring (bicyclic) bond motifs is 1. The van der Waals surface area contributed by atoms with Crippen LogP contribution in [0.3, 0.4) is 0 Å². The van der Waals surface area contributed by atoms with Crippen LogP contribution in [0.4, 0.5) is 11.5 Å². The normalized spacial score (nSPS) is 14.6. The molecule has 0 N–H and O–H groups in total. The number of benzene rings is 1. The Morgan fingerprint density at radius 1 is 1.00 bits per heavy atom. The molecule has 8 heteroatoms. The van der Waals surface area contributed by atoms with Gasteiger partial charge < -0.3 is 14.7 Å². The zero-order valence-corrected chi connectivity index (χ0v) is 16.8. The first-order valence-electron chi connectivity index (χ1n) is 9.45. The highest BCUT2D eigenvalue weighted by molar-refractivity contribution is 5.94. The average Bonchev–Trinajstić information content (AvgIpc) is 3.09. The zero-order chi connectivity index (χ0) is 19.8. The summed E-state index contributed by atoms with van der Waals surface area (Å²) in [6.45, 7) is 6.79. The number of anilines is 2. The number of hydrogen-bond acceptors (Lipinski definition) is 6. The molecule has 1 amide bonds. The van der Waals surface area contributed by atoms with Gasteiger partial charge >= 0.3 is 0 Å². The molecular formula is C20H25N7O. The van der Waals surface area contributed by atoms with Crippen molar-refractivity contribution in [3.63, 3.8) is 0 Å². The Bertz CT molecular complexity index is 1000. The molecule has 0 radical (unpaired) electrons. The van der Waals surface area contributed by atoms with Crippen molar-refractivity contribution < 1.29 is 4.79 Å². The Labute approximate surface area is 164 Å². The fraction of sp³-hybridized carbons (Fsp3) is 0.400. The molecule has 4 rings (SSSR count). The monoisotopic (exact) mass is 379 g/mol. The summed E-state index contributed by atoms with van der Waals surface area (Å²) in [6.07, 6.45) is 0. The molecule has 146 valence electrons. The Morgan fingerprint density at radius 2 is 1.68 bits per heavy atom. The van der Waals surface area contributed by atoms with E-state index in [4.69, 9.17) is 0 Å². The number of rotatable bonds is 3. The first kappa shape index (κ1) is 18.2. The van der Waals surface area contributed by atoms with E-state index in [1.165, 1.54) is 0 Å². The highest BCUT2D eigenvalue weighted by Gasteiger charge is 2.23. The van der Waals surface area contributed by atoms with Gasteiger partial charge in [-0.05, 0) is 38.1 Å². The molecular weight excluding hydrogens is 354 g/mol. The van der Waals surface area contributed by atoms with Gasteiger partial charge in [0.05, 0.1) is 0 Å². The molecule has 3 heterocycles. The predicted molar refractivity (Wildman–Crippen MR) is 109 cm³/mol. The summed E-state index contributed by atoms with van der Waals surface area (Å²) in [5.41, 5.74) is 2.87. The van der Waals surface area contributed by atoms with Crippen LogP contribution < -0.4 is 9.80 Å². The van der Waals surface area contributed by atoms with Gasteiger partial charge in [0.25, 0.3) is 11.7 Å². The van der Waals surface area contributed by atoms with Crippen LogP contribution in [0.5, 0.6) is 0 Å². The molecule has 28 heavy (non-hydrogen) atoms. The third-order valence-electron chi connectivity index (χ3n) is 5.23. The number of aromatic nitrogens is 4.